The number of rotatable bonds is 3. The molecule has 0 amide bonds. The van der Waals surface area contributed by atoms with Crippen molar-refractivity contribution in [3.8, 4) is 0 Å². The van der Waals surface area contributed by atoms with Gasteiger partial charge >= 0.3 is 6.18 Å². The number of β-amino-alcohol motifs (C(OH)–C–C–N with tert-alkyl or cyclic N) is 1. The fourth-order valence-electron chi connectivity index (χ4n) is 1.71. The van der Waals surface area contributed by atoms with Crippen molar-refractivity contribution in [3.63, 3.8) is 0 Å². The lowest BCUT2D eigenvalue weighted by molar-refractivity contribution is -0.137. The van der Waals surface area contributed by atoms with Crippen LogP contribution in [-0.2, 0) is 6.18 Å². The molecule has 0 unspecified atom stereocenters. The zero-order valence-corrected chi connectivity index (χ0v) is 10.9. The van der Waals surface area contributed by atoms with Crippen molar-refractivity contribution in [1.29, 1.82) is 0 Å². The van der Waals surface area contributed by atoms with Crippen LogP contribution in [0, 0.1) is 0 Å². The molecule has 0 aliphatic carbocycles. The van der Waals surface area contributed by atoms with E-state index in [9.17, 15) is 18.3 Å². The van der Waals surface area contributed by atoms with E-state index >= 15 is 0 Å². The summed E-state index contributed by atoms with van der Waals surface area (Å²) < 4.78 is 38.8. The van der Waals surface area contributed by atoms with Gasteiger partial charge in [0.1, 0.15) is 5.60 Å². The van der Waals surface area contributed by atoms with Gasteiger partial charge < -0.3 is 15.7 Å². The third-order valence-electron chi connectivity index (χ3n) is 2.80. The van der Waals surface area contributed by atoms with Crippen LogP contribution >= 0.6 is 15.9 Å². The second-order valence-corrected chi connectivity index (χ2v) is 5.28. The maximum atomic E-state index is 12.8. The minimum absolute atomic E-state index is 0.0304. The van der Waals surface area contributed by atoms with E-state index in [1.54, 1.807) is 0 Å². The zero-order chi connectivity index (χ0) is 13.4. The molecule has 1 aliphatic rings. The van der Waals surface area contributed by atoms with Crippen LogP contribution in [0.4, 0.5) is 18.9 Å². The Morgan fingerprint density at radius 3 is 2.56 bits per heavy atom. The highest BCUT2D eigenvalue weighted by Crippen LogP contribution is 2.36. The second kappa shape index (κ2) is 4.71. The fourth-order valence-corrected chi connectivity index (χ4v) is 2.07. The fraction of sp³-hybridized carbons (Fsp3) is 0.455. The van der Waals surface area contributed by atoms with E-state index in [1.807, 2.05) is 0 Å². The first-order valence-electron chi connectivity index (χ1n) is 5.34. The number of hydrogen-bond acceptors (Lipinski definition) is 3. The number of alkyl halides is 3. The van der Waals surface area contributed by atoms with Gasteiger partial charge in [0.05, 0.1) is 5.56 Å². The van der Waals surface area contributed by atoms with Crippen LogP contribution in [0.25, 0.3) is 0 Å². The minimum atomic E-state index is -4.41. The van der Waals surface area contributed by atoms with Crippen LogP contribution in [0.15, 0.2) is 22.7 Å². The van der Waals surface area contributed by atoms with Gasteiger partial charge in [-0.2, -0.15) is 13.2 Å². The predicted octanol–water partition coefficient (Wildman–Crippen LogP) is 2.21. The Balaban J connectivity index is 2.17. The Hall–Kier alpha value is -0.790. The molecule has 1 fully saturated rings. The summed E-state index contributed by atoms with van der Waals surface area (Å²) in [7, 11) is 0. The second-order valence-electron chi connectivity index (χ2n) is 4.37. The summed E-state index contributed by atoms with van der Waals surface area (Å²) >= 11 is 3.13. The smallest absolute Gasteiger partial charge is 0.385 e. The average molecular weight is 325 g/mol. The Morgan fingerprint density at radius 2 is 2.06 bits per heavy atom. The number of anilines is 1. The van der Waals surface area contributed by atoms with E-state index in [1.165, 1.54) is 12.1 Å². The zero-order valence-electron chi connectivity index (χ0n) is 9.31. The first kappa shape index (κ1) is 13.6. The van der Waals surface area contributed by atoms with Gasteiger partial charge in [-0.25, -0.2) is 0 Å². The van der Waals surface area contributed by atoms with Gasteiger partial charge in [0.25, 0.3) is 0 Å². The number of halogens is 4. The summed E-state index contributed by atoms with van der Waals surface area (Å²) in [5.74, 6) is 0. The topological polar surface area (TPSA) is 44.3 Å². The van der Waals surface area contributed by atoms with Crippen molar-refractivity contribution >= 4 is 21.6 Å². The summed E-state index contributed by atoms with van der Waals surface area (Å²) in [6, 6.07) is 3.71. The van der Waals surface area contributed by atoms with Gasteiger partial charge in [-0.05, 0) is 18.2 Å². The highest BCUT2D eigenvalue weighted by atomic mass is 79.9. The van der Waals surface area contributed by atoms with Crippen molar-refractivity contribution < 1.29 is 18.3 Å². The molecule has 0 saturated carbocycles. The molecule has 0 atom stereocenters. The lowest BCUT2D eigenvalue weighted by atomic mass is 9.97. The Labute approximate surface area is 111 Å². The monoisotopic (exact) mass is 324 g/mol. The number of nitrogens with one attached hydrogen (secondary N) is 2. The molecule has 0 bridgehead atoms. The first-order valence-corrected chi connectivity index (χ1v) is 6.13. The summed E-state index contributed by atoms with van der Waals surface area (Å²) in [6.07, 6.45) is -4.41. The molecule has 7 heteroatoms. The molecule has 0 aromatic heterocycles. The van der Waals surface area contributed by atoms with Gasteiger partial charge in [-0.3, -0.25) is 0 Å². The average Bonchev–Trinajstić information content (AvgIpc) is 2.22. The standard InChI is InChI=1S/C11H12BrF3N2O/c12-7-1-2-8(11(13,14)15)9(3-7)17-6-10(18)4-16-5-10/h1-3,16-18H,4-6H2. The lowest BCUT2D eigenvalue weighted by Gasteiger charge is -2.38. The molecule has 0 spiro atoms. The summed E-state index contributed by atoms with van der Waals surface area (Å²) in [5, 5.41) is 15.4. The van der Waals surface area contributed by atoms with Crippen molar-refractivity contribution in [3.05, 3.63) is 28.2 Å². The van der Waals surface area contributed by atoms with Crippen LogP contribution < -0.4 is 10.6 Å². The molecule has 1 aromatic rings. The van der Waals surface area contributed by atoms with E-state index in [2.05, 4.69) is 26.6 Å². The summed E-state index contributed by atoms with van der Waals surface area (Å²) in [5.41, 5.74) is -1.73. The van der Waals surface area contributed by atoms with E-state index < -0.39 is 17.3 Å². The predicted molar refractivity (Wildman–Crippen MR) is 65.5 cm³/mol. The highest BCUT2D eigenvalue weighted by molar-refractivity contribution is 9.10. The summed E-state index contributed by atoms with van der Waals surface area (Å²) in [4.78, 5) is 0. The van der Waals surface area contributed by atoms with Crippen LogP contribution in [0.5, 0.6) is 0 Å². The maximum absolute atomic E-state index is 12.8. The first-order chi connectivity index (χ1) is 8.30. The Morgan fingerprint density at radius 1 is 1.39 bits per heavy atom. The van der Waals surface area contributed by atoms with Gasteiger partial charge in [0.2, 0.25) is 0 Å². The molecule has 3 N–H and O–H groups in total. The molecule has 1 aromatic carbocycles. The van der Waals surface area contributed by atoms with Gasteiger partial charge in [-0.1, -0.05) is 15.9 Å². The van der Waals surface area contributed by atoms with E-state index in [4.69, 9.17) is 0 Å². The molecule has 1 heterocycles. The Kier molecular flexibility index (Phi) is 3.57. The van der Waals surface area contributed by atoms with Crippen molar-refractivity contribution in [2.24, 2.45) is 0 Å². The molecule has 2 rings (SSSR count). The van der Waals surface area contributed by atoms with Crippen molar-refractivity contribution in [1.82, 2.24) is 5.32 Å². The molecule has 3 nitrogen and oxygen atoms in total. The number of benzene rings is 1. The van der Waals surface area contributed by atoms with Crippen LogP contribution in [0.2, 0.25) is 0 Å². The quantitative estimate of drug-likeness (QED) is 0.798. The van der Waals surface area contributed by atoms with Crippen molar-refractivity contribution in [2.45, 2.75) is 11.8 Å². The number of aliphatic hydroxyl groups is 1. The van der Waals surface area contributed by atoms with E-state index in [0.717, 1.165) is 6.07 Å². The third-order valence-corrected chi connectivity index (χ3v) is 3.30. The minimum Gasteiger partial charge on any atom is -0.385 e. The summed E-state index contributed by atoms with van der Waals surface area (Å²) in [6.45, 7) is 0.851. The molecule has 18 heavy (non-hydrogen) atoms. The lowest BCUT2D eigenvalue weighted by Crippen LogP contribution is -2.63. The molecular weight excluding hydrogens is 313 g/mol. The van der Waals surface area contributed by atoms with Crippen LogP contribution in [-0.4, -0.2) is 30.3 Å². The van der Waals surface area contributed by atoms with Crippen LogP contribution in [0.1, 0.15) is 5.56 Å². The molecule has 100 valence electrons. The van der Waals surface area contributed by atoms with Gasteiger partial charge in [-0.15, -0.1) is 0 Å². The SMILES string of the molecule is OC1(CNc2cc(Br)ccc2C(F)(F)F)CNC1. The van der Waals surface area contributed by atoms with Crippen LogP contribution in [0.3, 0.4) is 0 Å². The molecule has 1 aliphatic heterocycles. The van der Waals surface area contributed by atoms with Gasteiger partial charge in [0, 0.05) is 29.8 Å². The Bertz CT molecular complexity index is 446. The van der Waals surface area contributed by atoms with Crippen molar-refractivity contribution in [2.75, 3.05) is 25.0 Å². The molecule has 0 radical (unpaired) electrons. The third kappa shape index (κ3) is 2.96. The molecule has 1 saturated heterocycles. The largest absolute Gasteiger partial charge is 0.418 e. The number of hydrogen-bond donors (Lipinski definition) is 3. The van der Waals surface area contributed by atoms with E-state index in [-0.39, 0.29) is 12.2 Å². The molecular formula is C11H12BrF3N2O. The normalized spacial score (nSPS) is 18.3. The maximum Gasteiger partial charge on any atom is 0.418 e. The highest BCUT2D eigenvalue weighted by Gasteiger charge is 2.36. The van der Waals surface area contributed by atoms with Gasteiger partial charge in [0.15, 0.2) is 0 Å². The van der Waals surface area contributed by atoms with E-state index in [0.29, 0.717) is 17.6 Å².